The van der Waals surface area contributed by atoms with E-state index in [1.807, 2.05) is 24.4 Å². The number of fused-ring (bicyclic) bond motifs is 1. The van der Waals surface area contributed by atoms with Gasteiger partial charge in [-0.1, -0.05) is 12.1 Å². The Bertz CT molecular complexity index is 810. The van der Waals surface area contributed by atoms with Crippen molar-refractivity contribution in [1.82, 2.24) is 15.0 Å². The summed E-state index contributed by atoms with van der Waals surface area (Å²) in [5.41, 5.74) is 3.15. The molecule has 4 aromatic rings. The first-order valence-corrected chi connectivity index (χ1v) is 8.01. The van der Waals surface area contributed by atoms with Crippen LogP contribution in [-0.2, 0) is 6.42 Å². The van der Waals surface area contributed by atoms with Crippen molar-refractivity contribution in [2.45, 2.75) is 6.42 Å². The van der Waals surface area contributed by atoms with Crippen LogP contribution in [0.1, 0.15) is 10.0 Å². The third-order valence-electron chi connectivity index (χ3n) is 3.07. The van der Waals surface area contributed by atoms with Gasteiger partial charge in [0.1, 0.15) is 10.0 Å². The van der Waals surface area contributed by atoms with Gasteiger partial charge in [-0.05, 0) is 24.3 Å². The second kappa shape index (κ2) is 4.85. The molecule has 0 saturated heterocycles. The Hall–Kier alpha value is -1.98. The van der Waals surface area contributed by atoms with Crippen LogP contribution in [0.15, 0.2) is 48.0 Å². The van der Waals surface area contributed by atoms with Crippen molar-refractivity contribution in [3.05, 3.63) is 58.0 Å². The molecule has 3 aromatic heterocycles. The largest absolute Gasteiger partial charge is 0.360 e. The molecule has 3 heterocycles. The lowest BCUT2D eigenvalue weighted by Crippen LogP contribution is -1.86. The molecule has 0 atom stereocenters. The molecule has 0 bridgehead atoms. The van der Waals surface area contributed by atoms with E-state index in [2.05, 4.69) is 38.5 Å². The summed E-state index contributed by atoms with van der Waals surface area (Å²) in [7, 11) is 0. The molecule has 0 fully saturated rings. The maximum absolute atomic E-state index is 4.67. The standard InChI is InChI=1S/C15H11N3S2/c1-2-6-13-11(4-1)17-15(20-13)8-14-18-12(9-19-14)10-5-3-7-16-10/h1-7,9,16H,8H2. The van der Waals surface area contributed by atoms with Gasteiger partial charge in [-0.2, -0.15) is 0 Å². The van der Waals surface area contributed by atoms with Crippen LogP contribution in [0, 0.1) is 0 Å². The zero-order chi connectivity index (χ0) is 13.4. The number of H-pyrrole nitrogens is 1. The number of aromatic amines is 1. The third kappa shape index (κ3) is 2.15. The molecule has 0 radical (unpaired) electrons. The topological polar surface area (TPSA) is 41.6 Å². The highest BCUT2D eigenvalue weighted by Crippen LogP contribution is 2.26. The molecule has 0 spiro atoms. The molecule has 98 valence electrons. The minimum absolute atomic E-state index is 0.810. The van der Waals surface area contributed by atoms with Crippen LogP contribution in [0.5, 0.6) is 0 Å². The van der Waals surface area contributed by atoms with E-state index in [0.717, 1.165) is 33.3 Å². The van der Waals surface area contributed by atoms with E-state index in [0.29, 0.717) is 0 Å². The van der Waals surface area contributed by atoms with E-state index in [-0.39, 0.29) is 0 Å². The van der Waals surface area contributed by atoms with Gasteiger partial charge in [-0.25, -0.2) is 9.97 Å². The van der Waals surface area contributed by atoms with Crippen LogP contribution in [0.25, 0.3) is 21.6 Å². The van der Waals surface area contributed by atoms with Crippen molar-refractivity contribution in [3.8, 4) is 11.4 Å². The maximum Gasteiger partial charge on any atom is 0.101 e. The Morgan fingerprint density at radius 1 is 1.00 bits per heavy atom. The van der Waals surface area contributed by atoms with Crippen LogP contribution in [-0.4, -0.2) is 15.0 Å². The Labute approximate surface area is 124 Å². The van der Waals surface area contributed by atoms with Crippen LogP contribution in [0.4, 0.5) is 0 Å². The molecule has 3 nitrogen and oxygen atoms in total. The highest BCUT2D eigenvalue weighted by Gasteiger charge is 2.09. The van der Waals surface area contributed by atoms with Crippen molar-refractivity contribution in [2.75, 3.05) is 0 Å². The number of rotatable bonds is 3. The number of para-hydroxylation sites is 1. The molecule has 0 unspecified atom stereocenters. The van der Waals surface area contributed by atoms with E-state index in [9.17, 15) is 0 Å². The number of nitrogens with one attached hydrogen (secondary N) is 1. The van der Waals surface area contributed by atoms with Gasteiger partial charge in [0.15, 0.2) is 0 Å². The maximum atomic E-state index is 4.67. The SMILES string of the molecule is c1c[nH]c(-c2csc(Cc3nc4ccccc4s3)n2)c1. The van der Waals surface area contributed by atoms with E-state index in [1.165, 1.54) is 4.70 Å². The van der Waals surface area contributed by atoms with E-state index in [4.69, 9.17) is 0 Å². The van der Waals surface area contributed by atoms with Gasteiger partial charge in [0.05, 0.1) is 28.0 Å². The molecule has 1 aromatic carbocycles. The zero-order valence-electron chi connectivity index (χ0n) is 10.5. The average molecular weight is 297 g/mol. The summed E-state index contributed by atoms with van der Waals surface area (Å²) in [6, 6.07) is 12.3. The van der Waals surface area contributed by atoms with Crippen LogP contribution in [0.2, 0.25) is 0 Å². The number of thiazole rings is 2. The molecule has 4 rings (SSSR count). The summed E-state index contributed by atoms with van der Waals surface area (Å²) in [4.78, 5) is 12.5. The molecule has 1 N–H and O–H groups in total. The second-order valence-electron chi connectivity index (χ2n) is 4.46. The smallest absolute Gasteiger partial charge is 0.101 e. The Morgan fingerprint density at radius 3 is 2.80 bits per heavy atom. The highest BCUT2D eigenvalue weighted by atomic mass is 32.1. The third-order valence-corrected chi connectivity index (χ3v) is 4.95. The monoisotopic (exact) mass is 297 g/mol. The van der Waals surface area contributed by atoms with Gasteiger partial charge < -0.3 is 4.98 Å². The summed E-state index contributed by atoms with van der Waals surface area (Å²) >= 11 is 3.43. The van der Waals surface area contributed by atoms with Crippen molar-refractivity contribution in [3.63, 3.8) is 0 Å². The molecule has 0 saturated carbocycles. The summed E-state index contributed by atoms with van der Waals surface area (Å²) in [5, 5.41) is 4.32. The molecule has 5 heteroatoms. The van der Waals surface area contributed by atoms with E-state index >= 15 is 0 Å². The molecule has 0 aliphatic carbocycles. The molecule has 0 aliphatic rings. The summed E-state index contributed by atoms with van der Waals surface area (Å²) in [6.45, 7) is 0. The van der Waals surface area contributed by atoms with Crippen LogP contribution in [0.3, 0.4) is 0 Å². The lowest BCUT2D eigenvalue weighted by molar-refractivity contribution is 1.11. The average Bonchev–Trinajstić information content (AvgIpc) is 3.18. The Morgan fingerprint density at radius 2 is 1.95 bits per heavy atom. The van der Waals surface area contributed by atoms with Gasteiger partial charge in [0.2, 0.25) is 0 Å². The first-order valence-electron chi connectivity index (χ1n) is 6.31. The normalized spacial score (nSPS) is 11.2. The molecular weight excluding hydrogens is 286 g/mol. The molecule has 20 heavy (non-hydrogen) atoms. The molecule has 0 aliphatic heterocycles. The number of aromatic nitrogens is 3. The highest BCUT2D eigenvalue weighted by molar-refractivity contribution is 7.18. The molecular formula is C15H11N3S2. The number of nitrogens with zero attached hydrogens (tertiary/aromatic N) is 2. The molecule has 0 amide bonds. The minimum Gasteiger partial charge on any atom is -0.360 e. The quantitative estimate of drug-likeness (QED) is 0.611. The van der Waals surface area contributed by atoms with Gasteiger partial charge in [-0.15, -0.1) is 22.7 Å². The fourth-order valence-corrected chi connectivity index (χ4v) is 3.99. The van der Waals surface area contributed by atoms with Crippen LogP contribution >= 0.6 is 22.7 Å². The van der Waals surface area contributed by atoms with Crippen molar-refractivity contribution in [1.29, 1.82) is 0 Å². The summed E-state index contributed by atoms with van der Waals surface area (Å²) < 4.78 is 1.24. The second-order valence-corrected chi connectivity index (χ2v) is 6.52. The summed E-state index contributed by atoms with van der Waals surface area (Å²) in [6.07, 6.45) is 2.73. The lowest BCUT2D eigenvalue weighted by Gasteiger charge is -1.91. The predicted molar refractivity (Wildman–Crippen MR) is 84.3 cm³/mol. The van der Waals surface area contributed by atoms with Gasteiger partial charge in [0.25, 0.3) is 0 Å². The number of hydrogen-bond acceptors (Lipinski definition) is 4. The predicted octanol–water partition coefficient (Wildman–Crippen LogP) is 4.34. The van der Waals surface area contributed by atoms with Gasteiger partial charge in [0, 0.05) is 11.6 Å². The van der Waals surface area contributed by atoms with Crippen molar-refractivity contribution in [2.24, 2.45) is 0 Å². The number of benzene rings is 1. The zero-order valence-corrected chi connectivity index (χ0v) is 12.2. The summed E-state index contributed by atoms with van der Waals surface area (Å²) in [5.74, 6) is 0. The number of hydrogen-bond donors (Lipinski definition) is 1. The Kier molecular flexibility index (Phi) is 2.86. The minimum atomic E-state index is 0.810. The first-order chi connectivity index (χ1) is 9.88. The lowest BCUT2D eigenvalue weighted by atomic mass is 10.3. The fourth-order valence-electron chi connectivity index (χ4n) is 2.13. The van der Waals surface area contributed by atoms with Crippen molar-refractivity contribution < 1.29 is 0 Å². The Balaban J connectivity index is 1.62. The van der Waals surface area contributed by atoms with Gasteiger partial charge in [-0.3, -0.25) is 0 Å². The van der Waals surface area contributed by atoms with Crippen molar-refractivity contribution >= 4 is 32.9 Å². The van der Waals surface area contributed by atoms with Crippen LogP contribution < -0.4 is 0 Å². The fraction of sp³-hybridized carbons (Fsp3) is 0.0667. The first kappa shape index (κ1) is 11.8. The van der Waals surface area contributed by atoms with E-state index < -0.39 is 0 Å². The van der Waals surface area contributed by atoms with E-state index in [1.54, 1.807) is 22.7 Å². The van der Waals surface area contributed by atoms with Gasteiger partial charge >= 0.3 is 0 Å².